The van der Waals surface area contributed by atoms with Gasteiger partial charge in [-0.2, -0.15) is 0 Å². The summed E-state index contributed by atoms with van der Waals surface area (Å²) in [7, 11) is 0. The summed E-state index contributed by atoms with van der Waals surface area (Å²) in [6, 6.07) is 0. The van der Waals surface area contributed by atoms with Crippen molar-refractivity contribution in [1.82, 2.24) is 0 Å². The number of unbranched alkanes of at least 4 members (excludes halogenated alkanes) is 2. The van der Waals surface area contributed by atoms with Gasteiger partial charge in [0.15, 0.2) is 0 Å². The minimum atomic E-state index is 0.371. The highest BCUT2D eigenvalue weighted by Gasteiger charge is 1.93. The molecule has 0 aliphatic heterocycles. The van der Waals surface area contributed by atoms with Gasteiger partial charge in [-0.3, -0.25) is 4.79 Å². The summed E-state index contributed by atoms with van der Waals surface area (Å²) in [5.74, 6) is 0.371. The molecule has 0 aromatic carbocycles. The van der Waals surface area contributed by atoms with E-state index in [0.29, 0.717) is 12.2 Å². The molecule has 0 aromatic rings. The van der Waals surface area contributed by atoms with Crippen LogP contribution < -0.4 is 0 Å². The third-order valence-corrected chi connectivity index (χ3v) is 1.88. The summed E-state index contributed by atoms with van der Waals surface area (Å²) >= 11 is 0. The average molecular weight is 168 g/mol. The highest BCUT2D eigenvalue weighted by atomic mass is 16.1. The third kappa shape index (κ3) is 7.52. The first-order valence-electron chi connectivity index (χ1n) is 4.98. The Labute approximate surface area is 75.9 Å². The Morgan fingerprint density at radius 2 is 1.83 bits per heavy atom. The fourth-order valence-corrected chi connectivity index (χ4v) is 0.979. The maximum absolute atomic E-state index is 10.9. The van der Waals surface area contributed by atoms with E-state index in [4.69, 9.17) is 0 Å². The molecule has 0 aromatic heterocycles. The molecule has 12 heavy (non-hydrogen) atoms. The van der Waals surface area contributed by atoms with Gasteiger partial charge in [-0.05, 0) is 12.8 Å². The molecule has 70 valence electrons. The summed E-state index contributed by atoms with van der Waals surface area (Å²) < 4.78 is 0. The van der Waals surface area contributed by atoms with Gasteiger partial charge in [-0.1, -0.05) is 38.8 Å². The van der Waals surface area contributed by atoms with E-state index in [2.05, 4.69) is 19.1 Å². The van der Waals surface area contributed by atoms with Crippen LogP contribution in [0.4, 0.5) is 0 Å². The van der Waals surface area contributed by atoms with E-state index in [1.165, 1.54) is 12.8 Å². The maximum atomic E-state index is 10.9. The number of hydrogen-bond donors (Lipinski definition) is 0. The van der Waals surface area contributed by atoms with Gasteiger partial charge in [-0.15, -0.1) is 0 Å². The second-order valence-electron chi connectivity index (χ2n) is 3.04. The number of allylic oxidation sites excluding steroid dienone is 2. The predicted octanol–water partition coefficient (Wildman–Crippen LogP) is 3.49. The molecule has 1 nitrogen and oxygen atoms in total. The quantitative estimate of drug-likeness (QED) is 0.420. The van der Waals surface area contributed by atoms with Gasteiger partial charge in [0, 0.05) is 12.8 Å². The van der Waals surface area contributed by atoms with Gasteiger partial charge >= 0.3 is 0 Å². The highest BCUT2D eigenvalue weighted by molar-refractivity contribution is 5.78. The van der Waals surface area contributed by atoms with Crippen LogP contribution >= 0.6 is 0 Å². The van der Waals surface area contributed by atoms with Crippen LogP contribution in [0.2, 0.25) is 0 Å². The largest absolute Gasteiger partial charge is 0.300 e. The Bertz CT molecular complexity index is 136. The molecule has 0 fully saturated rings. The normalized spacial score (nSPS) is 10.8. The van der Waals surface area contributed by atoms with Crippen molar-refractivity contribution in [3.8, 4) is 0 Å². The molecule has 0 amide bonds. The van der Waals surface area contributed by atoms with Crippen LogP contribution in [0.3, 0.4) is 0 Å². The van der Waals surface area contributed by atoms with Gasteiger partial charge in [0.05, 0.1) is 0 Å². The molecule has 0 rings (SSSR count). The topological polar surface area (TPSA) is 17.1 Å². The summed E-state index contributed by atoms with van der Waals surface area (Å²) in [4.78, 5) is 10.9. The van der Waals surface area contributed by atoms with Crippen LogP contribution in [0.1, 0.15) is 52.4 Å². The van der Waals surface area contributed by atoms with E-state index < -0.39 is 0 Å². The Hall–Kier alpha value is -0.590. The van der Waals surface area contributed by atoms with Gasteiger partial charge < -0.3 is 0 Å². The number of rotatable bonds is 7. The summed E-state index contributed by atoms with van der Waals surface area (Å²) in [6.45, 7) is 4.11. The fraction of sp³-hybridized carbons (Fsp3) is 0.727. The minimum absolute atomic E-state index is 0.371. The van der Waals surface area contributed by atoms with Gasteiger partial charge in [0.25, 0.3) is 0 Å². The Morgan fingerprint density at radius 3 is 2.42 bits per heavy atom. The molecule has 0 atom stereocenters. The molecule has 0 bridgehead atoms. The van der Waals surface area contributed by atoms with Crippen LogP contribution in [-0.2, 0) is 4.79 Å². The molecule has 0 aliphatic rings. The maximum Gasteiger partial charge on any atom is 0.132 e. The van der Waals surface area contributed by atoms with E-state index in [0.717, 1.165) is 19.3 Å². The van der Waals surface area contributed by atoms with Crippen molar-refractivity contribution in [3.63, 3.8) is 0 Å². The van der Waals surface area contributed by atoms with Gasteiger partial charge in [0.2, 0.25) is 0 Å². The van der Waals surface area contributed by atoms with Crippen LogP contribution in [0.5, 0.6) is 0 Å². The molecule has 0 heterocycles. The number of carbonyl (C=O) groups excluding carboxylic acids is 1. The lowest BCUT2D eigenvalue weighted by atomic mass is 10.1. The molecule has 0 unspecified atom stereocenters. The second-order valence-corrected chi connectivity index (χ2v) is 3.04. The SMILES string of the molecule is CCCCC=CCCC(=O)CC. The third-order valence-electron chi connectivity index (χ3n) is 1.88. The van der Waals surface area contributed by atoms with E-state index >= 15 is 0 Å². The van der Waals surface area contributed by atoms with E-state index in [1.54, 1.807) is 0 Å². The predicted molar refractivity (Wildman–Crippen MR) is 53.2 cm³/mol. The summed E-state index contributed by atoms with van der Waals surface area (Å²) in [6.07, 6.45) is 10.3. The Morgan fingerprint density at radius 1 is 1.17 bits per heavy atom. The summed E-state index contributed by atoms with van der Waals surface area (Å²) in [5.41, 5.74) is 0. The lowest BCUT2D eigenvalue weighted by Crippen LogP contribution is -1.92. The van der Waals surface area contributed by atoms with Crippen molar-refractivity contribution in [3.05, 3.63) is 12.2 Å². The Kier molecular flexibility index (Phi) is 8.09. The highest BCUT2D eigenvalue weighted by Crippen LogP contribution is 1.99. The zero-order valence-electron chi connectivity index (χ0n) is 8.31. The van der Waals surface area contributed by atoms with E-state index in [1.807, 2.05) is 6.92 Å². The van der Waals surface area contributed by atoms with Gasteiger partial charge in [-0.25, -0.2) is 0 Å². The van der Waals surface area contributed by atoms with Crippen molar-refractivity contribution in [2.24, 2.45) is 0 Å². The van der Waals surface area contributed by atoms with Gasteiger partial charge in [0.1, 0.15) is 5.78 Å². The van der Waals surface area contributed by atoms with Crippen molar-refractivity contribution < 1.29 is 4.79 Å². The first-order chi connectivity index (χ1) is 5.81. The van der Waals surface area contributed by atoms with Crippen LogP contribution in [-0.4, -0.2) is 5.78 Å². The van der Waals surface area contributed by atoms with Crippen molar-refractivity contribution >= 4 is 5.78 Å². The van der Waals surface area contributed by atoms with E-state index in [9.17, 15) is 4.79 Å². The van der Waals surface area contributed by atoms with Crippen molar-refractivity contribution in [1.29, 1.82) is 0 Å². The zero-order chi connectivity index (χ0) is 9.23. The molecule has 0 N–H and O–H groups in total. The second kappa shape index (κ2) is 8.51. The molecule has 0 radical (unpaired) electrons. The first kappa shape index (κ1) is 11.4. The van der Waals surface area contributed by atoms with Crippen LogP contribution in [0.15, 0.2) is 12.2 Å². The lowest BCUT2D eigenvalue weighted by Gasteiger charge is -1.92. The Balaban J connectivity index is 3.18. The van der Waals surface area contributed by atoms with Crippen molar-refractivity contribution in [2.45, 2.75) is 52.4 Å². The monoisotopic (exact) mass is 168 g/mol. The molecule has 0 saturated carbocycles. The molecular formula is C11H20O. The summed E-state index contributed by atoms with van der Waals surface area (Å²) in [5, 5.41) is 0. The molecule has 0 saturated heterocycles. The van der Waals surface area contributed by atoms with Crippen molar-refractivity contribution in [2.75, 3.05) is 0 Å². The minimum Gasteiger partial charge on any atom is -0.300 e. The fourth-order valence-electron chi connectivity index (χ4n) is 0.979. The first-order valence-corrected chi connectivity index (χ1v) is 4.98. The molecular weight excluding hydrogens is 148 g/mol. The molecule has 1 heteroatoms. The smallest absolute Gasteiger partial charge is 0.132 e. The number of carbonyl (C=O) groups is 1. The van der Waals surface area contributed by atoms with E-state index in [-0.39, 0.29) is 0 Å². The molecule has 0 spiro atoms. The van der Waals surface area contributed by atoms with Crippen LogP contribution in [0, 0.1) is 0 Å². The number of ketones is 1. The zero-order valence-corrected chi connectivity index (χ0v) is 8.31. The lowest BCUT2D eigenvalue weighted by molar-refractivity contribution is -0.118. The standard InChI is InChI=1S/C11H20O/c1-3-5-6-7-8-9-10-11(12)4-2/h7-8H,3-6,9-10H2,1-2H3. The molecule has 0 aliphatic carbocycles. The number of Topliss-reactive ketones (excluding diaryl/α,β-unsaturated/α-hetero) is 1. The number of hydrogen-bond acceptors (Lipinski definition) is 1. The average Bonchev–Trinajstić information content (AvgIpc) is 2.10. The van der Waals surface area contributed by atoms with Crippen LogP contribution in [0.25, 0.3) is 0 Å².